The number of hydrogen-bond donors (Lipinski definition) is 2. The Hall–Kier alpha value is -4.20. The standard InChI is InChI=1S/C32H38N4O4/c1-10-23-27(25-18(5)12-16(3)13-19(25)6)33-35-29(23)31(37)39-22(9)40-32(38)30-24(11-2)28(34-36-30)26-20(7)14-17(4)15-21(26)8/h12-15,22H,10-11H2,1-9H3,(H,33,35)(H,34,36). The third kappa shape index (κ3) is 5.43. The molecule has 2 N–H and O–H groups in total. The first-order chi connectivity index (χ1) is 19.0. The number of hydrogen-bond acceptors (Lipinski definition) is 6. The maximum atomic E-state index is 13.1. The largest absolute Gasteiger partial charge is 0.421 e. The number of ether oxygens (including phenoxy) is 2. The van der Waals surface area contributed by atoms with Gasteiger partial charge in [-0.15, -0.1) is 0 Å². The van der Waals surface area contributed by atoms with Crippen LogP contribution in [-0.2, 0) is 22.3 Å². The molecule has 40 heavy (non-hydrogen) atoms. The van der Waals surface area contributed by atoms with Gasteiger partial charge in [-0.05, 0) is 76.6 Å². The van der Waals surface area contributed by atoms with E-state index in [0.29, 0.717) is 12.8 Å². The van der Waals surface area contributed by atoms with Crippen LogP contribution in [0.1, 0.15) is 86.3 Å². The zero-order valence-corrected chi connectivity index (χ0v) is 24.8. The Labute approximate surface area is 235 Å². The van der Waals surface area contributed by atoms with E-state index in [1.54, 1.807) is 0 Å². The van der Waals surface area contributed by atoms with Crippen molar-refractivity contribution >= 4 is 11.9 Å². The predicted molar refractivity (Wildman–Crippen MR) is 156 cm³/mol. The van der Waals surface area contributed by atoms with Gasteiger partial charge < -0.3 is 9.47 Å². The van der Waals surface area contributed by atoms with Crippen LogP contribution in [0.4, 0.5) is 0 Å². The highest BCUT2D eigenvalue weighted by Crippen LogP contribution is 2.33. The molecule has 0 spiro atoms. The minimum atomic E-state index is -1.13. The first-order valence-corrected chi connectivity index (χ1v) is 13.7. The molecule has 4 aromatic rings. The lowest BCUT2D eigenvalue weighted by molar-refractivity contribution is -0.0699. The number of aromatic amines is 2. The van der Waals surface area contributed by atoms with Crippen molar-refractivity contribution in [1.82, 2.24) is 20.4 Å². The third-order valence-electron chi connectivity index (χ3n) is 7.22. The number of carbonyl (C=O) groups is 2. The van der Waals surface area contributed by atoms with Gasteiger partial charge >= 0.3 is 11.9 Å². The van der Waals surface area contributed by atoms with Gasteiger partial charge in [0, 0.05) is 29.2 Å². The van der Waals surface area contributed by atoms with E-state index in [9.17, 15) is 9.59 Å². The maximum Gasteiger partial charge on any atom is 0.359 e. The van der Waals surface area contributed by atoms with Gasteiger partial charge in [-0.2, -0.15) is 10.2 Å². The fraction of sp³-hybridized carbons (Fsp3) is 0.375. The van der Waals surface area contributed by atoms with E-state index in [4.69, 9.17) is 9.47 Å². The zero-order valence-electron chi connectivity index (χ0n) is 24.8. The average molecular weight is 543 g/mol. The van der Waals surface area contributed by atoms with Crippen molar-refractivity contribution in [3.8, 4) is 22.5 Å². The fourth-order valence-electron chi connectivity index (χ4n) is 5.72. The molecule has 0 aliphatic carbocycles. The second-order valence-electron chi connectivity index (χ2n) is 10.5. The van der Waals surface area contributed by atoms with Crippen molar-refractivity contribution in [2.45, 2.75) is 81.4 Å². The lowest BCUT2D eigenvalue weighted by Crippen LogP contribution is -2.23. The van der Waals surface area contributed by atoms with Crippen LogP contribution < -0.4 is 0 Å². The highest BCUT2D eigenvalue weighted by atomic mass is 16.7. The zero-order chi connectivity index (χ0) is 29.3. The molecule has 0 aliphatic heterocycles. The summed E-state index contributed by atoms with van der Waals surface area (Å²) in [7, 11) is 0. The smallest absolute Gasteiger partial charge is 0.359 e. The summed E-state index contributed by atoms with van der Waals surface area (Å²) in [6.45, 7) is 17.7. The summed E-state index contributed by atoms with van der Waals surface area (Å²) >= 11 is 0. The number of carbonyl (C=O) groups excluding carboxylic acids is 2. The average Bonchev–Trinajstić information content (AvgIpc) is 3.47. The highest BCUT2D eigenvalue weighted by Gasteiger charge is 2.27. The molecule has 8 nitrogen and oxygen atoms in total. The number of esters is 2. The Morgan fingerprint density at radius 3 is 1.30 bits per heavy atom. The molecule has 0 fully saturated rings. The highest BCUT2D eigenvalue weighted by molar-refractivity contribution is 5.93. The van der Waals surface area contributed by atoms with Gasteiger partial charge in [-0.25, -0.2) is 9.59 Å². The summed E-state index contributed by atoms with van der Waals surface area (Å²) in [4.78, 5) is 26.3. The molecule has 0 saturated heterocycles. The monoisotopic (exact) mass is 542 g/mol. The molecule has 210 valence electrons. The summed E-state index contributed by atoms with van der Waals surface area (Å²) < 4.78 is 11.1. The number of benzene rings is 2. The molecule has 0 saturated carbocycles. The van der Waals surface area contributed by atoms with Crippen LogP contribution in [0.5, 0.6) is 0 Å². The van der Waals surface area contributed by atoms with Gasteiger partial charge in [-0.3, -0.25) is 10.2 Å². The van der Waals surface area contributed by atoms with Gasteiger partial charge in [0.15, 0.2) is 0 Å². The third-order valence-corrected chi connectivity index (χ3v) is 7.22. The predicted octanol–water partition coefficient (Wildman–Crippen LogP) is 6.80. The van der Waals surface area contributed by atoms with Crippen molar-refractivity contribution in [1.29, 1.82) is 0 Å². The first-order valence-electron chi connectivity index (χ1n) is 13.7. The number of nitrogens with zero attached hydrogens (tertiary/aromatic N) is 2. The quantitative estimate of drug-likeness (QED) is 0.187. The fourth-order valence-corrected chi connectivity index (χ4v) is 5.72. The Kier molecular flexibility index (Phi) is 8.28. The molecular weight excluding hydrogens is 504 g/mol. The molecule has 2 heterocycles. The van der Waals surface area contributed by atoms with Crippen molar-refractivity contribution in [3.63, 3.8) is 0 Å². The van der Waals surface area contributed by atoms with E-state index in [1.807, 2.05) is 41.5 Å². The van der Waals surface area contributed by atoms with Crippen molar-refractivity contribution in [2.24, 2.45) is 0 Å². The molecule has 8 heteroatoms. The van der Waals surface area contributed by atoms with Crippen LogP contribution in [0.2, 0.25) is 0 Å². The summed E-state index contributed by atoms with van der Waals surface area (Å²) in [5, 5.41) is 14.7. The number of aromatic nitrogens is 4. The lowest BCUT2D eigenvalue weighted by atomic mass is 9.94. The SMILES string of the molecule is CCc1c(-c2c(C)cc(C)cc2C)n[nH]c1C(=O)OC(C)OC(=O)c1[nH]nc(-c2c(C)cc(C)cc2C)c1CC. The molecule has 0 amide bonds. The Morgan fingerprint density at radius 2 is 1.00 bits per heavy atom. The molecule has 2 aromatic carbocycles. The Balaban J connectivity index is 1.54. The van der Waals surface area contributed by atoms with Crippen LogP contribution in [-0.4, -0.2) is 38.6 Å². The number of nitrogens with one attached hydrogen (secondary N) is 2. The van der Waals surface area contributed by atoms with Crippen molar-refractivity contribution in [2.75, 3.05) is 0 Å². The van der Waals surface area contributed by atoms with Crippen molar-refractivity contribution in [3.05, 3.63) is 80.2 Å². The number of rotatable bonds is 8. The number of H-pyrrole nitrogens is 2. The van der Waals surface area contributed by atoms with Gasteiger partial charge in [0.25, 0.3) is 0 Å². The molecule has 0 aliphatic rings. The molecule has 2 aromatic heterocycles. The topological polar surface area (TPSA) is 110 Å². The second-order valence-corrected chi connectivity index (χ2v) is 10.5. The van der Waals surface area contributed by atoms with E-state index >= 15 is 0 Å². The molecular formula is C32H38N4O4. The molecule has 0 radical (unpaired) electrons. The lowest BCUT2D eigenvalue weighted by Gasteiger charge is -2.15. The Bertz CT molecular complexity index is 1430. The normalized spacial score (nSPS) is 11.2. The van der Waals surface area contributed by atoms with Crippen molar-refractivity contribution < 1.29 is 19.1 Å². The molecule has 0 atom stereocenters. The first kappa shape index (κ1) is 28.8. The summed E-state index contributed by atoms with van der Waals surface area (Å²) in [6, 6.07) is 8.40. The second kappa shape index (κ2) is 11.5. The molecule has 0 unspecified atom stereocenters. The van der Waals surface area contributed by atoms with Crippen LogP contribution in [0.15, 0.2) is 24.3 Å². The van der Waals surface area contributed by atoms with Gasteiger partial charge in [0.05, 0.1) is 11.4 Å². The van der Waals surface area contributed by atoms with E-state index in [1.165, 1.54) is 18.1 Å². The van der Waals surface area contributed by atoms with Crippen LogP contribution >= 0.6 is 0 Å². The van der Waals surface area contributed by atoms with Crippen LogP contribution in [0.25, 0.3) is 22.5 Å². The van der Waals surface area contributed by atoms with Gasteiger partial charge in [-0.1, -0.05) is 49.2 Å². The maximum absolute atomic E-state index is 13.1. The molecule has 4 rings (SSSR count). The van der Waals surface area contributed by atoms with E-state index in [0.717, 1.165) is 55.9 Å². The van der Waals surface area contributed by atoms with Crippen LogP contribution in [0, 0.1) is 41.5 Å². The van der Waals surface area contributed by atoms with E-state index in [-0.39, 0.29) is 11.4 Å². The minimum absolute atomic E-state index is 0.253. The van der Waals surface area contributed by atoms with Gasteiger partial charge in [0.1, 0.15) is 11.4 Å². The summed E-state index contributed by atoms with van der Waals surface area (Å²) in [5.41, 5.74) is 12.2. The van der Waals surface area contributed by atoms with Gasteiger partial charge in [0.2, 0.25) is 6.29 Å². The summed E-state index contributed by atoms with van der Waals surface area (Å²) in [5.74, 6) is -1.27. The minimum Gasteiger partial charge on any atom is -0.421 e. The summed E-state index contributed by atoms with van der Waals surface area (Å²) in [6.07, 6.45) is 0.0241. The molecule has 0 bridgehead atoms. The van der Waals surface area contributed by atoms with E-state index in [2.05, 4.69) is 58.5 Å². The van der Waals surface area contributed by atoms with E-state index < -0.39 is 18.2 Å². The van der Waals surface area contributed by atoms with Crippen LogP contribution in [0.3, 0.4) is 0 Å². The Morgan fingerprint density at radius 1 is 0.675 bits per heavy atom. The number of aryl methyl sites for hydroxylation is 6.